The van der Waals surface area contributed by atoms with Gasteiger partial charge in [-0.25, -0.2) is 5.43 Å². The first-order chi connectivity index (χ1) is 10.4. The number of nitrogens with one attached hydrogen (secondary N) is 1. The van der Waals surface area contributed by atoms with Crippen LogP contribution < -0.4 is 11.2 Å². The quantitative estimate of drug-likeness (QED) is 0.518. The van der Waals surface area contributed by atoms with Gasteiger partial charge in [0, 0.05) is 5.69 Å². The minimum atomic E-state index is -0.319. The van der Waals surface area contributed by atoms with Crippen LogP contribution in [0.4, 0.5) is 5.69 Å². The third kappa shape index (κ3) is 3.95. The van der Waals surface area contributed by atoms with Crippen molar-refractivity contribution in [3.05, 3.63) is 65.2 Å². The van der Waals surface area contributed by atoms with Gasteiger partial charge in [0.1, 0.15) is 0 Å². The highest BCUT2D eigenvalue weighted by Crippen LogP contribution is 2.21. The molecule has 0 atom stereocenters. The van der Waals surface area contributed by atoms with E-state index in [1.165, 1.54) is 5.56 Å². The highest BCUT2D eigenvalue weighted by molar-refractivity contribution is 5.99. The lowest BCUT2D eigenvalue weighted by Crippen LogP contribution is -2.19. The number of carbonyl (C=O) groups is 1. The summed E-state index contributed by atoms with van der Waals surface area (Å²) in [6.07, 6.45) is 1.61. The first-order valence-corrected chi connectivity index (χ1v) is 7.16. The smallest absolute Gasteiger partial charge is 0.273 e. The molecule has 2 aromatic rings. The lowest BCUT2D eigenvalue weighted by Gasteiger charge is -2.18. The van der Waals surface area contributed by atoms with Crippen molar-refractivity contribution < 1.29 is 4.79 Å². The second kappa shape index (κ2) is 6.43. The van der Waals surface area contributed by atoms with Crippen molar-refractivity contribution in [1.82, 2.24) is 5.43 Å². The number of rotatable bonds is 3. The summed E-state index contributed by atoms with van der Waals surface area (Å²) in [7, 11) is 0. The van der Waals surface area contributed by atoms with E-state index in [-0.39, 0.29) is 11.3 Å². The summed E-state index contributed by atoms with van der Waals surface area (Å²) in [5.41, 5.74) is 11.4. The predicted molar refractivity (Wildman–Crippen MR) is 91.1 cm³/mol. The Balaban J connectivity index is 2.01. The van der Waals surface area contributed by atoms with Crippen LogP contribution in [0.15, 0.2) is 53.6 Å². The number of para-hydroxylation sites is 1. The van der Waals surface area contributed by atoms with Crippen molar-refractivity contribution in [2.75, 3.05) is 5.73 Å². The Bertz CT molecular complexity index is 682. The SMILES string of the molecule is CC(C)(C)c1ccc(/C=N/NC(=O)c2ccccc2N)cc1. The van der Waals surface area contributed by atoms with Crippen molar-refractivity contribution >= 4 is 17.8 Å². The fourth-order valence-electron chi connectivity index (χ4n) is 2.00. The van der Waals surface area contributed by atoms with E-state index < -0.39 is 0 Å². The normalized spacial score (nSPS) is 11.6. The molecule has 2 aromatic carbocycles. The maximum atomic E-state index is 11.9. The molecule has 0 fully saturated rings. The molecule has 0 aliphatic rings. The zero-order valence-electron chi connectivity index (χ0n) is 13.1. The lowest BCUT2D eigenvalue weighted by molar-refractivity contribution is 0.0956. The maximum Gasteiger partial charge on any atom is 0.273 e. The van der Waals surface area contributed by atoms with Gasteiger partial charge in [-0.2, -0.15) is 5.10 Å². The van der Waals surface area contributed by atoms with Crippen LogP contribution in [0.2, 0.25) is 0 Å². The summed E-state index contributed by atoms with van der Waals surface area (Å²) >= 11 is 0. The van der Waals surface area contributed by atoms with Crippen molar-refractivity contribution in [2.24, 2.45) is 5.10 Å². The van der Waals surface area contributed by atoms with Crippen LogP contribution in [0.25, 0.3) is 0 Å². The highest BCUT2D eigenvalue weighted by atomic mass is 16.2. The van der Waals surface area contributed by atoms with Crippen molar-refractivity contribution in [1.29, 1.82) is 0 Å². The van der Waals surface area contributed by atoms with Crippen LogP contribution in [0.3, 0.4) is 0 Å². The molecule has 2 rings (SSSR count). The van der Waals surface area contributed by atoms with Gasteiger partial charge in [-0.05, 0) is 28.7 Å². The first kappa shape index (κ1) is 15.8. The zero-order chi connectivity index (χ0) is 16.2. The zero-order valence-corrected chi connectivity index (χ0v) is 13.1. The molecule has 22 heavy (non-hydrogen) atoms. The van der Waals surface area contributed by atoms with E-state index in [9.17, 15) is 4.79 Å². The molecular weight excluding hydrogens is 274 g/mol. The Morgan fingerprint density at radius 2 is 1.73 bits per heavy atom. The molecule has 0 aliphatic carbocycles. The molecule has 0 aromatic heterocycles. The monoisotopic (exact) mass is 295 g/mol. The van der Waals surface area contributed by atoms with Crippen molar-refractivity contribution in [3.63, 3.8) is 0 Å². The number of hydrogen-bond donors (Lipinski definition) is 2. The Morgan fingerprint density at radius 1 is 1.09 bits per heavy atom. The van der Waals surface area contributed by atoms with Gasteiger partial charge in [0.15, 0.2) is 0 Å². The highest BCUT2D eigenvalue weighted by Gasteiger charge is 2.12. The van der Waals surface area contributed by atoms with E-state index in [0.717, 1.165) is 5.56 Å². The number of nitrogen functional groups attached to an aromatic ring is 1. The molecule has 0 saturated carbocycles. The van der Waals surface area contributed by atoms with Crippen LogP contribution in [0.5, 0.6) is 0 Å². The van der Waals surface area contributed by atoms with Crippen molar-refractivity contribution in [2.45, 2.75) is 26.2 Å². The number of hydrogen-bond acceptors (Lipinski definition) is 3. The molecule has 0 radical (unpaired) electrons. The first-order valence-electron chi connectivity index (χ1n) is 7.16. The average molecular weight is 295 g/mol. The molecule has 0 spiro atoms. The topological polar surface area (TPSA) is 67.5 Å². The summed E-state index contributed by atoms with van der Waals surface area (Å²) in [5.74, 6) is -0.319. The molecule has 0 aliphatic heterocycles. The fourth-order valence-corrected chi connectivity index (χ4v) is 2.00. The molecule has 4 nitrogen and oxygen atoms in total. The van der Waals surface area contributed by atoms with Crippen LogP contribution in [-0.2, 0) is 5.41 Å². The number of nitrogens with zero attached hydrogens (tertiary/aromatic N) is 1. The van der Waals surface area contributed by atoms with E-state index in [1.807, 2.05) is 12.1 Å². The molecule has 0 bridgehead atoms. The summed E-state index contributed by atoms with van der Waals surface area (Å²) in [6, 6.07) is 15.0. The van der Waals surface area contributed by atoms with E-state index in [1.54, 1.807) is 30.5 Å². The second-order valence-corrected chi connectivity index (χ2v) is 6.16. The molecule has 0 saturated heterocycles. The largest absolute Gasteiger partial charge is 0.398 e. The Morgan fingerprint density at radius 3 is 2.32 bits per heavy atom. The fraction of sp³-hybridized carbons (Fsp3) is 0.222. The molecule has 3 N–H and O–H groups in total. The molecular formula is C18H21N3O. The Labute approximate surface area is 131 Å². The van der Waals surface area contributed by atoms with E-state index >= 15 is 0 Å². The number of nitrogens with two attached hydrogens (primary N) is 1. The number of carbonyl (C=O) groups excluding carboxylic acids is 1. The third-order valence-electron chi connectivity index (χ3n) is 3.36. The predicted octanol–water partition coefficient (Wildman–Crippen LogP) is 3.33. The van der Waals surface area contributed by atoms with Crippen molar-refractivity contribution in [3.8, 4) is 0 Å². The van der Waals surface area contributed by atoms with Gasteiger partial charge in [-0.1, -0.05) is 57.2 Å². The standard InChI is InChI=1S/C18H21N3O/c1-18(2,3)14-10-8-13(9-11-14)12-20-21-17(22)15-6-4-5-7-16(15)19/h4-12H,19H2,1-3H3,(H,21,22)/b20-12+. The summed E-state index contributed by atoms with van der Waals surface area (Å²) in [6.45, 7) is 6.50. The minimum absolute atomic E-state index is 0.120. The number of amides is 1. The van der Waals surface area contributed by atoms with Crippen LogP contribution in [0.1, 0.15) is 42.3 Å². The Hall–Kier alpha value is -2.62. The minimum Gasteiger partial charge on any atom is -0.398 e. The maximum absolute atomic E-state index is 11.9. The summed E-state index contributed by atoms with van der Waals surface area (Å²) < 4.78 is 0. The van der Waals surface area contributed by atoms with Crippen LogP contribution >= 0.6 is 0 Å². The van der Waals surface area contributed by atoms with Crippen LogP contribution in [0, 0.1) is 0 Å². The molecule has 4 heteroatoms. The van der Waals surface area contributed by atoms with Gasteiger partial charge in [0.2, 0.25) is 0 Å². The average Bonchev–Trinajstić information content (AvgIpc) is 2.47. The van der Waals surface area contributed by atoms with Gasteiger partial charge >= 0.3 is 0 Å². The van der Waals surface area contributed by atoms with E-state index in [2.05, 4.69) is 43.4 Å². The third-order valence-corrected chi connectivity index (χ3v) is 3.36. The van der Waals surface area contributed by atoms with Gasteiger partial charge in [-0.15, -0.1) is 0 Å². The molecule has 0 unspecified atom stereocenters. The number of anilines is 1. The number of hydrazone groups is 1. The van der Waals surface area contributed by atoms with Gasteiger partial charge < -0.3 is 5.73 Å². The lowest BCUT2D eigenvalue weighted by atomic mass is 9.87. The molecule has 1 amide bonds. The molecule has 0 heterocycles. The number of benzene rings is 2. The Kier molecular flexibility index (Phi) is 4.61. The van der Waals surface area contributed by atoms with E-state index in [0.29, 0.717) is 11.3 Å². The van der Waals surface area contributed by atoms with Crippen LogP contribution in [-0.4, -0.2) is 12.1 Å². The van der Waals surface area contributed by atoms with Gasteiger partial charge in [0.25, 0.3) is 5.91 Å². The second-order valence-electron chi connectivity index (χ2n) is 6.16. The summed E-state index contributed by atoms with van der Waals surface area (Å²) in [5, 5.41) is 3.97. The summed E-state index contributed by atoms with van der Waals surface area (Å²) in [4.78, 5) is 11.9. The van der Waals surface area contributed by atoms with E-state index in [4.69, 9.17) is 5.73 Å². The van der Waals surface area contributed by atoms with Gasteiger partial charge in [0.05, 0.1) is 11.8 Å². The van der Waals surface area contributed by atoms with Gasteiger partial charge in [-0.3, -0.25) is 4.79 Å². The molecule has 114 valence electrons.